The summed E-state index contributed by atoms with van der Waals surface area (Å²) < 4.78 is 36.3. The maximum atomic E-state index is 11.3. The molecule has 14 heteroatoms. The summed E-state index contributed by atoms with van der Waals surface area (Å²) in [5.41, 5.74) is 2.21. The van der Waals surface area contributed by atoms with Crippen LogP contribution in [0.2, 0.25) is 0 Å². The fourth-order valence-electron chi connectivity index (χ4n) is 2.83. The third-order valence-corrected chi connectivity index (χ3v) is 4.36. The summed E-state index contributed by atoms with van der Waals surface area (Å²) in [4.78, 5) is 16.6. The van der Waals surface area contributed by atoms with Crippen LogP contribution in [0, 0.1) is 18.0 Å². The summed E-state index contributed by atoms with van der Waals surface area (Å²) in [5, 5.41) is 29.0. The highest BCUT2D eigenvalue weighted by Crippen LogP contribution is 2.27. The van der Waals surface area contributed by atoms with Gasteiger partial charge in [-0.2, -0.15) is 13.2 Å². The van der Waals surface area contributed by atoms with Gasteiger partial charge in [-0.05, 0) is 36.8 Å². The van der Waals surface area contributed by atoms with Crippen molar-refractivity contribution < 1.29 is 38.1 Å². The lowest BCUT2D eigenvalue weighted by atomic mass is 9.88. The van der Waals surface area contributed by atoms with E-state index in [2.05, 4.69) is 30.4 Å². The fraction of sp³-hybridized carbons (Fsp3) is 0.600. The molecular weight excluding hydrogens is 401 g/mol. The summed E-state index contributed by atoms with van der Waals surface area (Å²) >= 11 is 0. The number of H-pyrrole nitrogens is 1. The first-order valence-electron chi connectivity index (χ1n) is 8.47. The van der Waals surface area contributed by atoms with Crippen molar-refractivity contribution in [3.63, 3.8) is 0 Å². The Bertz CT molecular complexity index is 746. The van der Waals surface area contributed by atoms with Gasteiger partial charge in [-0.3, -0.25) is 4.63 Å². The van der Waals surface area contributed by atoms with Gasteiger partial charge in [0.05, 0.1) is 24.6 Å². The molecule has 1 saturated heterocycles. The lowest BCUT2D eigenvalue weighted by Gasteiger charge is -2.30. The number of hydrogen-bond acceptors (Lipinski definition) is 7. The molecule has 3 rings (SSSR count). The fourth-order valence-corrected chi connectivity index (χ4v) is 2.83. The molecule has 1 aliphatic rings. The molecule has 1 atom stereocenters. The van der Waals surface area contributed by atoms with E-state index in [9.17, 15) is 18.4 Å². The van der Waals surface area contributed by atoms with Crippen LogP contribution in [-0.4, -0.2) is 50.9 Å². The van der Waals surface area contributed by atoms with E-state index in [-0.39, 0.29) is 11.5 Å². The highest BCUT2D eigenvalue weighted by atomic mass is 19.4. The average Bonchev–Trinajstić information content (AvgIpc) is 3.28. The van der Waals surface area contributed by atoms with E-state index in [0.29, 0.717) is 28.8 Å². The lowest BCUT2D eigenvalue weighted by molar-refractivity contribution is -0.806. The first-order valence-corrected chi connectivity index (χ1v) is 8.47. The van der Waals surface area contributed by atoms with Gasteiger partial charge in [0.1, 0.15) is 0 Å². The zero-order chi connectivity index (χ0) is 20.7. The molecule has 0 spiro atoms. The Morgan fingerprint density at radius 2 is 2.10 bits per heavy atom. The molecule has 2 aromatic heterocycles. The number of aromatic nitrogens is 4. The predicted molar refractivity (Wildman–Crippen MR) is 91.3 cm³/mol. The molecule has 0 aliphatic carbocycles. The van der Waals surface area contributed by atoms with Gasteiger partial charge < -0.3 is 31.4 Å². The molecule has 1 fully saturated rings. The van der Waals surface area contributed by atoms with Crippen molar-refractivity contribution in [3.8, 4) is 0 Å². The number of carboxylic acids is 1. The molecular formula is C15H23F3N6O5. The van der Waals surface area contributed by atoms with Crippen LogP contribution < -0.4 is 15.5 Å². The van der Waals surface area contributed by atoms with Crippen molar-refractivity contribution >= 4 is 5.97 Å². The second-order valence-corrected chi connectivity index (χ2v) is 6.22. The second-order valence-electron chi connectivity index (χ2n) is 6.22. The number of aliphatic carboxylic acids is 1. The van der Waals surface area contributed by atoms with Crippen LogP contribution in [0.25, 0.3) is 0 Å². The normalized spacial score (nSPS) is 15.7. The summed E-state index contributed by atoms with van der Waals surface area (Å²) in [6.45, 7) is 4.26. The van der Waals surface area contributed by atoms with Crippen molar-refractivity contribution in [1.82, 2.24) is 25.8 Å². The van der Waals surface area contributed by atoms with Crippen LogP contribution in [-0.2, 0) is 11.3 Å². The molecule has 0 radical (unpaired) electrons. The number of rotatable bonds is 5. The van der Waals surface area contributed by atoms with E-state index in [0.717, 1.165) is 31.6 Å². The summed E-state index contributed by atoms with van der Waals surface area (Å²) in [6.07, 6.45) is 0.674. The molecule has 0 amide bonds. The Labute approximate surface area is 163 Å². The number of nitrogens with zero attached hydrogens (tertiary/aromatic N) is 3. The number of nitrogens with one attached hydrogen (secondary N) is 3. The number of hydrogen-bond donors (Lipinski definition) is 4. The summed E-state index contributed by atoms with van der Waals surface area (Å²) in [5.74, 6) is -2.23. The van der Waals surface area contributed by atoms with Crippen molar-refractivity contribution in [2.24, 2.45) is 5.92 Å². The van der Waals surface area contributed by atoms with Crippen LogP contribution in [0.3, 0.4) is 0 Å². The molecule has 11 nitrogen and oxygen atoms in total. The molecule has 0 aromatic carbocycles. The van der Waals surface area contributed by atoms with Crippen LogP contribution in [0.1, 0.15) is 36.0 Å². The molecule has 2 aromatic rings. The van der Waals surface area contributed by atoms with E-state index < -0.39 is 12.1 Å². The third kappa shape index (κ3) is 6.99. The molecule has 0 saturated carbocycles. The monoisotopic (exact) mass is 424 g/mol. The lowest BCUT2D eigenvalue weighted by Crippen LogP contribution is -2.36. The number of carbonyl (C=O) groups is 1. The van der Waals surface area contributed by atoms with E-state index in [1.807, 2.05) is 6.20 Å². The molecule has 1 aliphatic heterocycles. The van der Waals surface area contributed by atoms with E-state index in [1.54, 1.807) is 13.3 Å². The van der Waals surface area contributed by atoms with Crippen molar-refractivity contribution in [1.29, 1.82) is 0 Å². The maximum Gasteiger partial charge on any atom is 0.490 e. The van der Waals surface area contributed by atoms with Gasteiger partial charge >= 0.3 is 12.1 Å². The number of alkyl halides is 3. The summed E-state index contributed by atoms with van der Waals surface area (Å²) in [6, 6.07) is 0.172. The minimum absolute atomic E-state index is 0. The van der Waals surface area contributed by atoms with Crippen LogP contribution in [0.4, 0.5) is 13.2 Å². The van der Waals surface area contributed by atoms with Crippen LogP contribution in [0.15, 0.2) is 17.2 Å². The van der Waals surface area contributed by atoms with E-state index >= 15 is 0 Å². The van der Waals surface area contributed by atoms with Gasteiger partial charge in [0.25, 0.3) is 0 Å². The van der Waals surface area contributed by atoms with Crippen molar-refractivity contribution in [2.45, 2.75) is 38.5 Å². The third-order valence-electron chi connectivity index (χ3n) is 4.36. The van der Waals surface area contributed by atoms with Gasteiger partial charge in [-0.25, -0.2) is 9.78 Å². The quantitative estimate of drug-likeness (QED) is 0.484. The molecule has 6 N–H and O–H groups in total. The minimum atomic E-state index is -5.08. The molecule has 1 unspecified atom stereocenters. The second kappa shape index (κ2) is 10.7. The van der Waals surface area contributed by atoms with Gasteiger partial charge in [-0.15, -0.1) is 0 Å². The highest BCUT2D eigenvalue weighted by molar-refractivity contribution is 5.73. The zero-order valence-corrected chi connectivity index (χ0v) is 15.5. The Morgan fingerprint density at radius 3 is 2.55 bits per heavy atom. The average molecular weight is 424 g/mol. The van der Waals surface area contributed by atoms with E-state index in [1.165, 1.54) is 0 Å². The molecule has 3 heterocycles. The SMILES string of the molecule is Cc1c(CNC(c2cnc[nH]2)C2CCNCC2)no[n+]1[O-].O.O=C(O)C(F)(F)F. The van der Waals surface area contributed by atoms with Crippen LogP contribution in [0.5, 0.6) is 0 Å². The number of aromatic amines is 1. The van der Waals surface area contributed by atoms with Crippen molar-refractivity contribution in [2.75, 3.05) is 13.1 Å². The highest BCUT2D eigenvalue weighted by Gasteiger charge is 2.38. The number of imidazole rings is 1. The number of carboxylic acid groups (broad SMARTS) is 1. The smallest absolute Gasteiger partial charge is 0.475 e. The predicted octanol–water partition coefficient (Wildman–Crippen LogP) is -0.0214. The van der Waals surface area contributed by atoms with Crippen LogP contribution >= 0.6 is 0 Å². The molecule has 0 bridgehead atoms. The molecule has 29 heavy (non-hydrogen) atoms. The van der Waals surface area contributed by atoms with Gasteiger partial charge in [0, 0.05) is 18.3 Å². The minimum Gasteiger partial charge on any atom is -0.475 e. The Balaban J connectivity index is 0.000000456. The number of halogens is 3. The van der Waals surface area contributed by atoms with E-state index in [4.69, 9.17) is 9.90 Å². The topological polar surface area (TPSA) is 175 Å². The largest absolute Gasteiger partial charge is 0.490 e. The van der Waals surface area contributed by atoms with Gasteiger partial charge in [-0.1, -0.05) is 0 Å². The Hall–Kier alpha value is -2.71. The standard InChI is InChI=1S/C13H20N6O2.C2HF3O2.H2O/c1-9-11(18-21-19(9)20)7-16-13(12-6-15-8-17-12)10-2-4-14-5-3-10;3-2(4,5)1(6)7;/h6,8,10,13-14,16H,2-5,7H2,1H3,(H,15,17);(H,6,7);1H2. The summed E-state index contributed by atoms with van der Waals surface area (Å²) in [7, 11) is 0. The first-order chi connectivity index (χ1) is 13.2. The van der Waals surface area contributed by atoms with Crippen molar-refractivity contribution in [3.05, 3.63) is 34.8 Å². The van der Waals surface area contributed by atoms with Gasteiger partial charge in [0.15, 0.2) is 5.69 Å². The van der Waals surface area contributed by atoms with Gasteiger partial charge in [0.2, 0.25) is 5.69 Å². The zero-order valence-electron chi connectivity index (χ0n) is 15.5. The molecule has 164 valence electrons. The maximum absolute atomic E-state index is 11.3. The Morgan fingerprint density at radius 1 is 1.48 bits per heavy atom. The Kier molecular flexibility index (Phi) is 9.00. The number of piperidine rings is 1. The first kappa shape index (κ1) is 24.3.